The standard InChI is InChI=1S/C22H26F3N5O3.C3H4.C2H6/c1-12-4-5-15(16(8-12)26-14(3)31)17-9-19-21(33)29(10-13(2)30(19)27-17)18-6-7-28(20(18)32)11-22(23,24)25;1-3-2;1-2/h4-5,8-9,13,17-18,27H,6-7,10-11H2,1-3H3,(H,26,31);1H,2H3;1-2H3. The summed E-state index contributed by atoms with van der Waals surface area (Å²) in [5.41, 5.74) is 5.99. The average molecular weight is 536 g/mol. The lowest BCUT2D eigenvalue weighted by Crippen LogP contribution is -2.59. The number of halogens is 3. The number of rotatable bonds is 4. The van der Waals surface area contributed by atoms with Crippen molar-refractivity contribution in [2.75, 3.05) is 25.0 Å². The number of amides is 3. The minimum absolute atomic E-state index is 0.0335. The summed E-state index contributed by atoms with van der Waals surface area (Å²) in [5, 5.41) is 4.54. The number of nitrogens with one attached hydrogen (secondary N) is 2. The zero-order valence-corrected chi connectivity index (χ0v) is 22.6. The molecule has 3 aliphatic heterocycles. The first-order chi connectivity index (χ1) is 17.9. The molecule has 208 valence electrons. The maximum Gasteiger partial charge on any atom is 0.406 e. The predicted molar refractivity (Wildman–Crippen MR) is 139 cm³/mol. The van der Waals surface area contributed by atoms with Crippen molar-refractivity contribution in [3.63, 3.8) is 0 Å². The van der Waals surface area contributed by atoms with E-state index in [2.05, 4.69) is 23.1 Å². The Hall–Kier alpha value is -3.52. The number of alkyl halides is 3. The molecule has 0 radical (unpaired) electrons. The van der Waals surface area contributed by atoms with Gasteiger partial charge in [0, 0.05) is 25.7 Å². The molecule has 1 aromatic rings. The Labute approximate surface area is 222 Å². The van der Waals surface area contributed by atoms with Gasteiger partial charge in [-0.3, -0.25) is 19.4 Å². The number of hydrogen-bond donors (Lipinski definition) is 2. The number of piperazine rings is 1. The lowest BCUT2D eigenvalue weighted by atomic mass is 10.0. The third-order valence-electron chi connectivity index (χ3n) is 6.11. The zero-order valence-electron chi connectivity index (χ0n) is 22.6. The second-order valence-corrected chi connectivity index (χ2v) is 9.08. The van der Waals surface area contributed by atoms with Gasteiger partial charge in [0.15, 0.2) is 0 Å². The van der Waals surface area contributed by atoms with Crippen LogP contribution in [0.4, 0.5) is 18.9 Å². The highest BCUT2D eigenvalue weighted by Gasteiger charge is 2.47. The Morgan fingerprint density at radius 2 is 1.89 bits per heavy atom. The molecule has 3 unspecified atom stereocenters. The lowest BCUT2D eigenvalue weighted by Gasteiger charge is -2.41. The van der Waals surface area contributed by atoms with Crippen molar-refractivity contribution >= 4 is 23.4 Å². The van der Waals surface area contributed by atoms with Crippen molar-refractivity contribution < 1.29 is 27.6 Å². The number of terminal acetylenes is 1. The fourth-order valence-corrected chi connectivity index (χ4v) is 4.68. The summed E-state index contributed by atoms with van der Waals surface area (Å²) in [4.78, 5) is 39.7. The number of aryl methyl sites for hydroxylation is 1. The van der Waals surface area contributed by atoms with Crippen molar-refractivity contribution in [1.29, 1.82) is 0 Å². The predicted octanol–water partition coefficient (Wildman–Crippen LogP) is 3.76. The summed E-state index contributed by atoms with van der Waals surface area (Å²) >= 11 is 0. The van der Waals surface area contributed by atoms with Crippen LogP contribution in [0.25, 0.3) is 0 Å². The van der Waals surface area contributed by atoms with Gasteiger partial charge in [-0.1, -0.05) is 26.0 Å². The van der Waals surface area contributed by atoms with Crippen LogP contribution in [0.15, 0.2) is 30.0 Å². The van der Waals surface area contributed by atoms with E-state index < -0.39 is 36.6 Å². The molecule has 3 aliphatic rings. The number of anilines is 1. The van der Waals surface area contributed by atoms with Crippen LogP contribution in [0, 0.1) is 19.3 Å². The van der Waals surface area contributed by atoms with Crippen LogP contribution in [-0.2, 0) is 14.4 Å². The molecule has 0 spiro atoms. The first-order valence-electron chi connectivity index (χ1n) is 12.6. The van der Waals surface area contributed by atoms with Crippen LogP contribution < -0.4 is 10.7 Å². The lowest BCUT2D eigenvalue weighted by molar-refractivity contribution is -0.160. The second kappa shape index (κ2) is 12.8. The highest BCUT2D eigenvalue weighted by Crippen LogP contribution is 2.35. The molecule has 0 aromatic heterocycles. The van der Waals surface area contributed by atoms with Crippen LogP contribution in [-0.4, -0.2) is 70.4 Å². The Kier molecular flexibility index (Phi) is 10.4. The third-order valence-corrected chi connectivity index (χ3v) is 6.11. The number of benzene rings is 1. The van der Waals surface area contributed by atoms with Crippen molar-refractivity contribution in [2.45, 2.75) is 72.3 Å². The monoisotopic (exact) mass is 535 g/mol. The topological polar surface area (TPSA) is 85.0 Å². The Bertz CT molecular complexity index is 1110. The van der Waals surface area contributed by atoms with Gasteiger partial charge in [-0.2, -0.15) is 13.2 Å². The molecule has 0 bridgehead atoms. The maximum absolute atomic E-state index is 13.3. The minimum Gasteiger partial charge on any atom is -0.332 e. The van der Waals surface area contributed by atoms with E-state index in [4.69, 9.17) is 0 Å². The zero-order chi connectivity index (χ0) is 28.8. The van der Waals surface area contributed by atoms with E-state index in [1.165, 1.54) is 11.8 Å². The normalized spacial score (nSPS) is 22.5. The molecule has 11 heteroatoms. The smallest absolute Gasteiger partial charge is 0.332 e. The molecule has 2 saturated heterocycles. The van der Waals surface area contributed by atoms with Crippen molar-refractivity contribution in [3.05, 3.63) is 41.1 Å². The number of nitrogens with zero attached hydrogens (tertiary/aromatic N) is 3. The first-order valence-corrected chi connectivity index (χ1v) is 12.6. The Morgan fingerprint density at radius 3 is 2.47 bits per heavy atom. The van der Waals surface area contributed by atoms with Gasteiger partial charge >= 0.3 is 6.18 Å². The number of hydrazine groups is 1. The molecular weight excluding hydrogens is 499 g/mol. The molecule has 2 N–H and O–H groups in total. The molecule has 0 aliphatic carbocycles. The van der Waals surface area contributed by atoms with E-state index in [0.29, 0.717) is 11.4 Å². The summed E-state index contributed by atoms with van der Waals surface area (Å²) in [7, 11) is 0. The van der Waals surface area contributed by atoms with Crippen molar-refractivity contribution in [2.24, 2.45) is 0 Å². The number of hydrogen-bond acceptors (Lipinski definition) is 5. The molecule has 2 fully saturated rings. The molecule has 4 rings (SSSR count). The van der Waals surface area contributed by atoms with Gasteiger partial charge in [0.25, 0.3) is 5.91 Å². The average Bonchev–Trinajstić information content (AvgIpc) is 3.42. The quantitative estimate of drug-likeness (QED) is 0.574. The van der Waals surface area contributed by atoms with Crippen LogP contribution in [0.2, 0.25) is 0 Å². The molecule has 0 saturated carbocycles. The van der Waals surface area contributed by atoms with Gasteiger partial charge in [0.2, 0.25) is 11.8 Å². The summed E-state index contributed by atoms with van der Waals surface area (Å²) < 4.78 is 38.3. The van der Waals surface area contributed by atoms with E-state index >= 15 is 0 Å². The van der Waals surface area contributed by atoms with Gasteiger partial charge < -0.3 is 15.1 Å². The Balaban J connectivity index is 0.000000947. The van der Waals surface area contributed by atoms with Gasteiger partial charge in [0.1, 0.15) is 18.3 Å². The third kappa shape index (κ3) is 7.07. The Morgan fingerprint density at radius 1 is 1.26 bits per heavy atom. The van der Waals surface area contributed by atoms with Crippen LogP contribution >= 0.6 is 0 Å². The highest BCUT2D eigenvalue weighted by molar-refractivity contribution is 5.98. The van der Waals surface area contributed by atoms with E-state index in [0.717, 1.165) is 16.0 Å². The first kappa shape index (κ1) is 30.7. The molecule has 1 aromatic carbocycles. The summed E-state index contributed by atoms with van der Waals surface area (Å²) in [5.74, 6) is 0.961. The number of fused-ring (bicyclic) bond motifs is 1. The molecular formula is C27H36F3N5O3. The van der Waals surface area contributed by atoms with E-state index in [1.807, 2.05) is 45.9 Å². The summed E-state index contributed by atoms with van der Waals surface area (Å²) in [6.07, 6.45) is 2.02. The van der Waals surface area contributed by atoms with E-state index in [1.54, 1.807) is 18.0 Å². The fraction of sp³-hybridized carbons (Fsp3) is 0.519. The molecule has 38 heavy (non-hydrogen) atoms. The van der Waals surface area contributed by atoms with E-state index in [-0.39, 0.29) is 31.5 Å². The van der Waals surface area contributed by atoms with Gasteiger partial charge in [-0.25, -0.2) is 5.43 Å². The molecule has 3 amide bonds. The SMILES string of the molecule is C#CC.CC.CC(=O)Nc1cc(C)ccc1C1C=C2C(=O)N(C3CCN(CC(F)(F)F)C3=O)CC(C)N2N1. The van der Waals surface area contributed by atoms with Gasteiger partial charge in [0.05, 0.1) is 12.1 Å². The van der Waals surface area contributed by atoms with Crippen molar-refractivity contribution in [3.8, 4) is 12.3 Å². The molecule has 3 atom stereocenters. The summed E-state index contributed by atoms with van der Waals surface area (Å²) in [6, 6.07) is 4.11. The highest BCUT2D eigenvalue weighted by atomic mass is 19.4. The number of carbonyl (C=O) groups excluding carboxylic acids is 3. The van der Waals surface area contributed by atoms with Gasteiger partial charge in [-0.15, -0.1) is 12.3 Å². The fourth-order valence-electron chi connectivity index (χ4n) is 4.68. The van der Waals surface area contributed by atoms with Crippen LogP contribution in [0.3, 0.4) is 0 Å². The largest absolute Gasteiger partial charge is 0.406 e. The molecule has 8 nitrogen and oxygen atoms in total. The second-order valence-electron chi connectivity index (χ2n) is 9.08. The van der Waals surface area contributed by atoms with Crippen LogP contribution in [0.5, 0.6) is 0 Å². The van der Waals surface area contributed by atoms with Crippen molar-refractivity contribution in [1.82, 2.24) is 20.2 Å². The molecule has 3 heterocycles. The maximum atomic E-state index is 13.3. The number of likely N-dealkylation sites (tertiary alicyclic amines) is 1. The summed E-state index contributed by atoms with van der Waals surface area (Å²) in [6.45, 7) is 9.72. The van der Waals surface area contributed by atoms with E-state index in [9.17, 15) is 27.6 Å². The van der Waals surface area contributed by atoms with Crippen LogP contribution in [0.1, 0.15) is 58.2 Å². The minimum atomic E-state index is -4.48. The number of carbonyl (C=O) groups is 3. The van der Waals surface area contributed by atoms with Gasteiger partial charge in [-0.05, 0) is 50.5 Å².